The highest BCUT2D eigenvalue weighted by molar-refractivity contribution is 5.45. The van der Waals surface area contributed by atoms with Crippen molar-refractivity contribution >= 4 is 5.69 Å². The summed E-state index contributed by atoms with van der Waals surface area (Å²) in [6.07, 6.45) is 7.24. The molecule has 0 saturated carbocycles. The molecule has 1 atom stereocenters. The Kier molecular flexibility index (Phi) is 4.71. The van der Waals surface area contributed by atoms with Crippen molar-refractivity contribution in [3.63, 3.8) is 0 Å². The van der Waals surface area contributed by atoms with Crippen LogP contribution in [0, 0.1) is 5.53 Å². The van der Waals surface area contributed by atoms with Gasteiger partial charge in [0.25, 0.3) is 5.56 Å². The van der Waals surface area contributed by atoms with Gasteiger partial charge in [-0.1, -0.05) is 6.08 Å². The summed E-state index contributed by atoms with van der Waals surface area (Å²) < 4.78 is 1.63. The number of nitrogens with one attached hydrogen (secondary N) is 1. The smallest absolute Gasteiger partial charge is 0.253 e. The van der Waals surface area contributed by atoms with Gasteiger partial charge in [0.15, 0.2) is 0 Å². The fourth-order valence-corrected chi connectivity index (χ4v) is 2.69. The predicted octanol–water partition coefficient (Wildman–Crippen LogP) is 3.33. The minimum atomic E-state index is -0.208. The summed E-state index contributed by atoms with van der Waals surface area (Å²) in [5.74, 6) is 0. The van der Waals surface area contributed by atoms with Crippen molar-refractivity contribution in [1.29, 1.82) is 5.53 Å². The normalized spacial score (nSPS) is 17.9. The number of hydrogen-bond acceptors (Lipinski definition) is 4. The highest BCUT2D eigenvalue weighted by Crippen LogP contribution is 2.20. The van der Waals surface area contributed by atoms with Gasteiger partial charge in [-0.15, -0.1) is 0 Å². The molecule has 1 fully saturated rings. The van der Waals surface area contributed by atoms with Crippen molar-refractivity contribution in [2.75, 3.05) is 18.0 Å². The second kappa shape index (κ2) is 6.50. The van der Waals surface area contributed by atoms with E-state index < -0.39 is 0 Å². The van der Waals surface area contributed by atoms with Gasteiger partial charge in [-0.2, -0.15) is 5.11 Å². The summed E-state index contributed by atoms with van der Waals surface area (Å²) in [4.78, 5) is 14.5. The first kappa shape index (κ1) is 14.5. The molecule has 2 heterocycles. The molecule has 5 heteroatoms. The molecule has 0 aromatic carbocycles. The Morgan fingerprint density at radius 1 is 1.40 bits per heavy atom. The van der Waals surface area contributed by atoms with Crippen LogP contribution in [0.3, 0.4) is 0 Å². The van der Waals surface area contributed by atoms with E-state index in [9.17, 15) is 4.79 Å². The Balaban J connectivity index is 2.25. The van der Waals surface area contributed by atoms with Crippen molar-refractivity contribution in [1.82, 2.24) is 4.57 Å². The first-order valence-electron chi connectivity index (χ1n) is 7.18. The first-order chi connectivity index (χ1) is 9.67. The average Bonchev–Trinajstić information content (AvgIpc) is 2.49. The van der Waals surface area contributed by atoms with E-state index in [0.717, 1.165) is 18.8 Å². The molecule has 5 nitrogen and oxygen atoms in total. The van der Waals surface area contributed by atoms with Crippen molar-refractivity contribution in [3.8, 4) is 0 Å². The lowest BCUT2D eigenvalue weighted by Gasteiger charge is -2.29. The highest BCUT2D eigenvalue weighted by Gasteiger charge is 2.15. The van der Waals surface area contributed by atoms with Crippen LogP contribution < -0.4 is 10.5 Å². The Morgan fingerprint density at radius 2 is 2.10 bits per heavy atom. The van der Waals surface area contributed by atoms with Crippen molar-refractivity contribution in [2.45, 2.75) is 39.2 Å². The van der Waals surface area contributed by atoms with Gasteiger partial charge in [-0.3, -0.25) is 4.79 Å². The molecule has 0 spiro atoms. The van der Waals surface area contributed by atoms with Crippen LogP contribution in [0.25, 0.3) is 0 Å². The maximum absolute atomic E-state index is 12.3. The summed E-state index contributed by atoms with van der Waals surface area (Å²) in [5, 5.41) is 3.48. The van der Waals surface area contributed by atoms with Crippen molar-refractivity contribution in [3.05, 3.63) is 40.5 Å². The lowest BCUT2D eigenvalue weighted by molar-refractivity contribution is 0.569. The summed E-state index contributed by atoms with van der Waals surface area (Å²) in [6, 6.07) is 3.47. The van der Waals surface area contributed by atoms with Gasteiger partial charge >= 0.3 is 0 Å². The molecular weight excluding hydrogens is 252 g/mol. The van der Waals surface area contributed by atoms with Crippen LogP contribution in [0.5, 0.6) is 0 Å². The molecule has 1 aliphatic rings. The van der Waals surface area contributed by atoms with E-state index in [1.165, 1.54) is 19.3 Å². The topological polar surface area (TPSA) is 61.5 Å². The quantitative estimate of drug-likeness (QED) is 0.856. The second-order valence-corrected chi connectivity index (χ2v) is 5.18. The van der Waals surface area contributed by atoms with Crippen LogP contribution >= 0.6 is 0 Å². The molecule has 108 valence electrons. The Morgan fingerprint density at radius 3 is 2.65 bits per heavy atom. The molecular formula is C15H22N4O. The zero-order valence-electron chi connectivity index (χ0n) is 12.2. The zero-order chi connectivity index (χ0) is 14.5. The van der Waals surface area contributed by atoms with E-state index in [-0.39, 0.29) is 11.6 Å². The predicted molar refractivity (Wildman–Crippen MR) is 80.4 cm³/mol. The van der Waals surface area contributed by atoms with Crippen LogP contribution in [0.15, 0.2) is 40.0 Å². The van der Waals surface area contributed by atoms with Gasteiger partial charge in [0.1, 0.15) is 0 Å². The number of rotatable bonds is 4. The molecule has 1 aromatic rings. The van der Waals surface area contributed by atoms with Gasteiger partial charge in [-0.05, 0) is 39.2 Å². The van der Waals surface area contributed by atoms with Crippen LogP contribution in [0.4, 0.5) is 5.69 Å². The number of aromatic nitrogens is 1. The average molecular weight is 274 g/mol. The molecule has 1 aromatic heterocycles. The molecule has 1 saturated heterocycles. The number of anilines is 1. The maximum Gasteiger partial charge on any atom is 0.253 e. The van der Waals surface area contributed by atoms with Crippen LogP contribution in [0.1, 0.15) is 39.2 Å². The first-order valence-corrected chi connectivity index (χ1v) is 7.18. The Labute approximate surface area is 119 Å². The van der Waals surface area contributed by atoms with Gasteiger partial charge < -0.3 is 9.47 Å². The van der Waals surface area contributed by atoms with Crippen molar-refractivity contribution < 1.29 is 0 Å². The van der Waals surface area contributed by atoms with Crippen LogP contribution in [0.2, 0.25) is 0 Å². The van der Waals surface area contributed by atoms with Crippen LogP contribution in [-0.2, 0) is 0 Å². The minimum Gasteiger partial charge on any atom is -0.371 e. The standard InChI is InChI=1S/C15H22N4O/c1-3-14(17-16)12(2)19-10-7-13(11-15(19)20)18-8-5-4-6-9-18/h3,7,10-12,16H,4-6,8-9H2,1-2H3/b14-3-,17-16?. The third-order valence-electron chi connectivity index (χ3n) is 3.92. The van der Waals surface area contributed by atoms with Gasteiger partial charge in [0, 0.05) is 31.0 Å². The number of nitrogens with zero attached hydrogens (tertiary/aromatic N) is 3. The molecule has 1 aliphatic heterocycles. The van der Waals surface area contributed by atoms with Gasteiger partial charge in [-0.25, -0.2) is 5.53 Å². The lowest BCUT2D eigenvalue weighted by Crippen LogP contribution is -2.31. The lowest BCUT2D eigenvalue weighted by atomic mass is 10.1. The second-order valence-electron chi connectivity index (χ2n) is 5.18. The Hall–Kier alpha value is -1.91. The molecule has 0 bridgehead atoms. The molecule has 0 aliphatic carbocycles. The highest BCUT2D eigenvalue weighted by atomic mass is 16.1. The summed E-state index contributed by atoms with van der Waals surface area (Å²) >= 11 is 0. The van der Waals surface area contributed by atoms with Gasteiger partial charge in [0.2, 0.25) is 0 Å². The third kappa shape index (κ3) is 2.98. The molecule has 1 N–H and O–H groups in total. The van der Waals surface area contributed by atoms with E-state index in [1.54, 1.807) is 16.7 Å². The van der Waals surface area contributed by atoms with E-state index in [0.29, 0.717) is 5.70 Å². The fraction of sp³-hybridized carbons (Fsp3) is 0.533. The van der Waals surface area contributed by atoms with Crippen LogP contribution in [-0.4, -0.2) is 17.7 Å². The summed E-state index contributed by atoms with van der Waals surface area (Å²) in [5.41, 5.74) is 8.71. The summed E-state index contributed by atoms with van der Waals surface area (Å²) in [7, 11) is 0. The number of piperidine rings is 1. The zero-order valence-corrected chi connectivity index (χ0v) is 12.2. The van der Waals surface area contributed by atoms with E-state index in [4.69, 9.17) is 5.53 Å². The van der Waals surface area contributed by atoms with E-state index >= 15 is 0 Å². The minimum absolute atomic E-state index is 0.0384. The molecule has 0 amide bonds. The SMILES string of the molecule is C/C=C(\N=N)C(C)n1ccc(N2CCCCC2)cc1=O. The molecule has 20 heavy (non-hydrogen) atoms. The fourth-order valence-electron chi connectivity index (χ4n) is 2.69. The van der Waals surface area contributed by atoms with Gasteiger partial charge in [0.05, 0.1) is 11.7 Å². The monoisotopic (exact) mass is 274 g/mol. The molecule has 2 rings (SSSR count). The Bertz CT molecular complexity index is 555. The summed E-state index contributed by atoms with van der Waals surface area (Å²) in [6.45, 7) is 5.77. The number of allylic oxidation sites excluding steroid dienone is 2. The number of pyridine rings is 1. The largest absolute Gasteiger partial charge is 0.371 e. The third-order valence-corrected chi connectivity index (χ3v) is 3.92. The van der Waals surface area contributed by atoms with E-state index in [2.05, 4.69) is 10.0 Å². The maximum atomic E-state index is 12.3. The van der Waals surface area contributed by atoms with Crippen molar-refractivity contribution in [2.24, 2.45) is 5.11 Å². The van der Waals surface area contributed by atoms with E-state index in [1.807, 2.05) is 26.1 Å². The molecule has 1 unspecified atom stereocenters. The molecule has 0 radical (unpaired) electrons. The number of hydrogen-bond donors (Lipinski definition) is 1.